The van der Waals surface area contributed by atoms with Crippen molar-refractivity contribution in [3.05, 3.63) is 114 Å². The maximum Gasteiger partial charge on any atom is 0.289 e. The molecule has 0 aliphatic heterocycles. The minimum absolute atomic E-state index is 0.0240. The zero-order chi connectivity index (χ0) is 26.5. The number of hydrazone groups is 2. The Labute approximate surface area is 216 Å². The summed E-state index contributed by atoms with van der Waals surface area (Å²) in [6.07, 6.45) is 2.70. The topological polar surface area (TPSA) is 136 Å². The van der Waals surface area contributed by atoms with Gasteiger partial charge in [0.1, 0.15) is 22.9 Å². The summed E-state index contributed by atoms with van der Waals surface area (Å²) < 4.78 is 0. The van der Waals surface area contributed by atoms with Crippen LogP contribution in [-0.4, -0.2) is 39.4 Å². The molecule has 186 valence electrons. The lowest BCUT2D eigenvalue weighted by Gasteiger charge is -2.06. The SMILES string of the molecule is O=C(N/N=C\c1c(O)ccc2ccccc12)c1cccc(C(=O)N/N=C\c2c(O)ccc3ccccc23)n1. The van der Waals surface area contributed by atoms with E-state index in [1.165, 1.54) is 30.6 Å². The summed E-state index contributed by atoms with van der Waals surface area (Å²) in [6, 6.07) is 26.0. The van der Waals surface area contributed by atoms with Crippen LogP contribution >= 0.6 is 0 Å². The van der Waals surface area contributed by atoms with E-state index in [0.717, 1.165) is 21.5 Å². The summed E-state index contributed by atoms with van der Waals surface area (Å²) in [5.74, 6) is -1.23. The van der Waals surface area contributed by atoms with Crippen LogP contribution < -0.4 is 10.9 Å². The Bertz CT molecular complexity index is 1620. The molecule has 0 unspecified atom stereocenters. The molecule has 0 aliphatic carbocycles. The van der Waals surface area contributed by atoms with Gasteiger partial charge < -0.3 is 10.2 Å². The predicted octanol–water partition coefficient (Wildman–Crippen LogP) is 4.33. The van der Waals surface area contributed by atoms with Crippen LogP contribution in [0.25, 0.3) is 21.5 Å². The number of aromatic nitrogens is 1. The molecule has 2 amide bonds. The van der Waals surface area contributed by atoms with Crippen molar-refractivity contribution < 1.29 is 19.8 Å². The van der Waals surface area contributed by atoms with Gasteiger partial charge >= 0.3 is 0 Å². The van der Waals surface area contributed by atoms with Crippen LogP contribution in [-0.2, 0) is 0 Å². The number of hydrogen-bond acceptors (Lipinski definition) is 7. The van der Waals surface area contributed by atoms with Crippen LogP contribution in [0.5, 0.6) is 11.5 Å². The molecule has 4 aromatic carbocycles. The zero-order valence-electron chi connectivity index (χ0n) is 19.9. The number of fused-ring (bicyclic) bond motifs is 2. The lowest BCUT2D eigenvalue weighted by Crippen LogP contribution is -2.23. The number of carbonyl (C=O) groups is 2. The molecule has 1 aromatic heterocycles. The van der Waals surface area contributed by atoms with Crippen molar-refractivity contribution >= 4 is 45.8 Å². The summed E-state index contributed by atoms with van der Waals surface area (Å²) in [5, 5.41) is 31.7. The molecule has 1 heterocycles. The molecule has 0 saturated heterocycles. The van der Waals surface area contributed by atoms with Gasteiger partial charge in [0, 0.05) is 11.1 Å². The van der Waals surface area contributed by atoms with Crippen LogP contribution in [0.2, 0.25) is 0 Å². The van der Waals surface area contributed by atoms with Crippen LogP contribution in [0.15, 0.2) is 101 Å². The molecule has 0 fully saturated rings. The molecular weight excluding hydrogens is 482 g/mol. The molecule has 5 rings (SSSR count). The van der Waals surface area contributed by atoms with Gasteiger partial charge in [-0.25, -0.2) is 15.8 Å². The minimum Gasteiger partial charge on any atom is -0.507 e. The first-order chi connectivity index (χ1) is 18.5. The van der Waals surface area contributed by atoms with Gasteiger partial charge in [-0.15, -0.1) is 0 Å². The largest absolute Gasteiger partial charge is 0.507 e. The monoisotopic (exact) mass is 503 g/mol. The second-order valence-corrected chi connectivity index (χ2v) is 8.25. The number of nitrogens with zero attached hydrogens (tertiary/aromatic N) is 3. The number of aromatic hydroxyl groups is 2. The Balaban J connectivity index is 1.27. The average molecular weight is 504 g/mol. The Morgan fingerprint density at radius 2 is 1.05 bits per heavy atom. The van der Waals surface area contributed by atoms with Crippen molar-refractivity contribution in [3.8, 4) is 11.5 Å². The number of phenols is 2. The molecule has 0 spiro atoms. The number of phenolic OH excluding ortho intramolecular Hbond substituents is 2. The van der Waals surface area contributed by atoms with Crippen molar-refractivity contribution in [2.45, 2.75) is 0 Å². The quantitative estimate of drug-likeness (QED) is 0.202. The molecule has 0 saturated carbocycles. The van der Waals surface area contributed by atoms with Gasteiger partial charge in [-0.3, -0.25) is 9.59 Å². The van der Waals surface area contributed by atoms with E-state index in [-0.39, 0.29) is 22.9 Å². The van der Waals surface area contributed by atoms with Crippen molar-refractivity contribution in [2.24, 2.45) is 10.2 Å². The van der Waals surface area contributed by atoms with E-state index in [1.807, 2.05) is 48.5 Å². The first kappa shape index (κ1) is 24.1. The summed E-state index contributed by atoms with van der Waals surface area (Å²) in [7, 11) is 0. The number of hydrogen-bond donors (Lipinski definition) is 4. The highest BCUT2D eigenvalue weighted by Crippen LogP contribution is 2.26. The van der Waals surface area contributed by atoms with Crippen LogP contribution in [0.1, 0.15) is 32.1 Å². The van der Waals surface area contributed by atoms with Crippen molar-refractivity contribution in [3.63, 3.8) is 0 Å². The number of carbonyl (C=O) groups excluding carboxylic acids is 2. The fourth-order valence-corrected chi connectivity index (χ4v) is 3.95. The van der Waals surface area contributed by atoms with E-state index < -0.39 is 11.8 Å². The van der Waals surface area contributed by atoms with Gasteiger partial charge in [0.15, 0.2) is 0 Å². The van der Waals surface area contributed by atoms with E-state index in [0.29, 0.717) is 11.1 Å². The highest BCUT2D eigenvalue weighted by Gasteiger charge is 2.12. The Morgan fingerprint density at radius 1 is 0.605 bits per heavy atom. The van der Waals surface area contributed by atoms with Gasteiger partial charge in [0.05, 0.1) is 12.4 Å². The second kappa shape index (κ2) is 10.6. The van der Waals surface area contributed by atoms with E-state index in [2.05, 4.69) is 26.0 Å². The average Bonchev–Trinajstić information content (AvgIpc) is 2.95. The summed E-state index contributed by atoms with van der Waals surface area (Å²) in [5.41, 5.74) is 5.57. The first-order valence-corrected chi connectivity index (χ1v) is 11.6. The molecule has 9 heteroatoms. The Hall–Kier alpha value is -5.57. The smallest absolute Gasteiger partial charge is 0.289 e. The summed E-state index contributed by atoms with van der Waals surface area (Å²) in [6.45, 7) is 0. The summed E-state index contributed by atoms with van der Waals surface area (Å²) in [4.78, 5) is 29.2. The predicted molar refractivity (Wildman–Crippen MR) is 146 cm³/mol. The van der Waals surface area contributed by atoms with Crippen LogP contribution in [0, 0.1) is 0 Å². The van der Waals surface area contributed by atoms with E-state index in [9.17, 15) is 19.8 Å². The lowest BCUT2D eigenvalue weighted by molar-refractivity contribution is 0.0945. The van der Waals surface area contributed by atoms with E-state index in [4.69, 9.17) is 0 Å². The molecule has 0 bridgehead atoms. The number of rotatable bonds is 6. The first-order valence-electron chi connectivity index (χ1n) is 11.6. The van der Waals surface area contributed by atoms with Crippen LogP contribution in [0.3, 0.4) is 0 Å². The van der Waals surface area contributed by atoms with Crippen molar-refractivity contribution in [2.75, 3.05) is 0 Å². The summed E-state index contributed by atoms with van der Waals surface area (Å²) >= 11 is 0. The van der Waals surface area contributed by atoms with Gasteiger partial charge in [0.25, 0.3) is 11.8 Å². The third-order valence-corrected chi connectivity index (χ3v) is 5.83. The van der Waals surface area contributed by atoms with E-state index in [1.54, 1.807) is 24.3 Å². The maximum atomic E-state index is 12.6. The third kappa shape index (κ3) is 5.02. The van der Waals surface area contributed by atoms with Gasteiger partial charge in [0.2, 0.25) is 0 Å². The molecule has 0 aliphatic rings. The molecule has 0 radical (unpaired) electrons. The fraction of sp³-hybridized carbons (Fsp3) is 0. The second-order valence-electron chi connectivity index (χ2n) is 8.25. The molecule has 5 aromatic rings. The zero-order valence-corrected chi connectivity index (χ0v) is 19.9. The highest BCUT2D eigenvalue weighted by atomic mass is 16.3. The highest BCUT2D eigenvalue weighted by molar-refractivity contribution is 6.04. The van der Waals surface area contributed by atoms with Gasteiger partial charge in [-0.05, 0) is 45.8 Å². The Kier molecular flexibility index (Phi) is 6.73. The third-order valence-electron chi connectivity index (χ3n) is 5.83. The molecule has 38 heavy (non-hydrogen) atoms. The normalized spacial score (nSPS) is 11.4. The van der Waals surface area contributed by atoms with Gasteiger partial charge in [-0.1, -0.05) is 66.7 Å². The number of amides is 2. The van der Waals surface area contributed by atoms with E-state index >= 15 is 0 Å². The number of benzene rings is 4. The molecular formula is C29H21N5O4. The van der Waals surface area contributed by atoms with Crippen molar-refractivity contribution in [1.82, 2.24) is 15.8 Å². The number of pyridine rings is 1. The molecule has 9 nitrogen and oxygen atoms in total. The maximum absolute atomic E-state index is 12.6. The fourth-order valence-electron chi connectivity index (χ4n) is 3.95. The van der Waals surface area contributed by atoms with Crippen molar-refractivity contribution in [1.29, 1.82) is 0 Å². The van der Waals surface area contributed by atoms with Gasteiger partial charge in [-0.2, -0.15) is 10.2 Å². The number of nitrogens with one attached hydrogen (secondary N) is 2. The lowest BCUT2D eigenvalue weighted by atomic mass is 10.0. The standard InChI is InChI=1S/C29H21N5O4/c35-26-14-12-18-6-1-3-8-20(18)22(26)16-30-33-28(37)24-10-5-11-25(32-24)29(38)34-31-17-23-21-9-4-2-7-19(21)13-15-27(23)36/h1-17,35-36H,(H,33,37)(H,34,38)/b30-16-,31-17-. The Morgan fingerprint density at radius 3 is 1.53 bits per heavy atom. The minimum atomic E-state index is -0.639. The van der Waals surface area contributed by atoms with Crippen LogP contribution in [0.4, 0.5) is 0 Å². The molecule has 4 N–H and O–H groups in total. The molecule has 0 atom stereocenters.